The van der Waals surface area contributed by atoms with Gasteiger partial charge in [0, 0.05) is 0 Å². The van der Waals surface area contributed by atoms with E-state index in [1.165, 1.54) is 115 Å². The molecule has 1 rings (SSSR count). The summed E-state index contributed by atoms with van der Waals surface area (Å²) in [5.74, 6) is 0. The van der Waals surface area contributed by atoms with Crippen LogP contribution in [0.4, 0.5) is 0 Å². The fourth-order valence-corrected chi connectivity index (χ4v) is 3.70. The summed E-state index contributed by atoms with van der Waals surface area (Å²) < 4.78 is 0. The highest BCUT2D eigenvalue weighted by Crippen LogP contribution is 2.14. The summed E-state index contributed by atoms with van der Waals surface area (Å²) in [5, 5.41) is 0. The smallest absolute Gasteiger partial charge is 0.00248 e. The van der Waals surface area contributed by atoms with Gasteiger partial charge in [0.25, 0.3) is 0 Å². The molecule has 1 nitrogen and oxygen atoms in total. The van der Waals surface area contributed by atoms with Crippen LogP contribution in [-0.4, -0.2) is 25.5 Å². The van der Waals surface area contributed by atoms with E-state index in [1.54, 1.807) is 0 Å². The lowest BCUT2D eigenvalue weighted by atomic mass is 10.0. The van der Waals surface area contributed by atoms with Crippen LogP contribution in [0.15, 0.2) is 30.3 Å². The fraction of sp³-hybridized carbons (Fsp3) is 0.760. The molecule has 0 aliphatic heterocycles. The average molecular weight is 396 g/mol. The van der Waals surface area contributed by atoms with Crippen LogP contribution in [0.1, 0.15) is 102 Å². The van der Waals surface area contributed by atoms with E-state index in [0.717, 1.165) is 0 Å². The number of rotatable bonds is 18. The molecule has 0 heterocycles. The molecule has 0 fully saturated rings. The van der Waals surface area contributed by atoms with E-state index in [1.807, 2.05) is 0 Å². The molecule has 0 saturated heterocycles. The Bertz CT molecular complexity index is 391. The number of nitrogens with zero attached hydrogens (tertiary/aromatic N) is 1. The molecule has 0 aromatic heterocycles. The minimum atomic E-state index is 0. The monoisotopic (exact) mass is 395 g/mol. The molecule has 2 heteroatoms. The first-order valence-corrected chi connectivity index (χ1v) is 11.5. The first-order valence-electron chi connectivity index (χ1n) is 11.5. The SMILES string of the molecule is CN(C)CCCCCCCCCCCCCCCCCc1ccccc1.Cl. The van der Waals surface area contributed by atoms with E-state index in [0.29, 0.717) is 0 Å². The van der Waals surface area contributed by atoms with Crippen LogP contribution < -0.4 is 0 Å². The van der Waals surface area contributed by atoms with Gasteiger partial charge in [0.05, 0.1) is 0 Å². The summed E-state index contributed by atoms with van der Waals surface area (Å²) in [6, 6.07) is 10.9. The van der Waals surface area contributed by atoms with Crippen molar-refractivity contribution in [2.75, 3.05) is 20.6 Å². The van der Waals surface area contributed by atoms with E-state index in [2.05, 4.69) is 49.3 Å². The third-order valence-electron chi connectivity index (χ3n) is 5.41. The number of unbranched alkanes of at least 4 members (excludes halogenated alkanes) is 14. The van der Waals surface area contributed by atoms with Crippen molar-refractivity contribution in [3.8, 4) is 0 Å². The van der Waals surface area contributed by atoms with Gasteiger partial charge >= 0.3 is 0 Å². The van der Waals surface area contributed by atoms with Crippen molar-refractivity contribution in [1.29, 1.82) is 0 Å². The lowest BCUT2D eigenvalue weighted by Gasteiger charge is -2.08. The van der Waals surface area contributed by atoms with Gasteiger partial charge in [-0.25, -0.2) is 0 Å². The van der Waals surface area contributed by atoms with Crippen molar-refractivity contribution in [3.05, 3.63) is 35.9 Å². The van der Waals surface area contributed by atoms with Crippen LogP contribution in [0.2, 0.25) is 0 Å². The topological polar surface area (TPSA) is 3.24 Å². The average Bonchev–Trinajstić information content (AvgIpc) is 2.65. The van der Waals surface area contributed by atoms with Gasteiger partial charge in [0.15, 0.2) is 0 Å². The molecular weight excluding hydrogens is 350 g/mol. The number of aryl methyl sites for hydroxylation is 1. The lowest BCUT2D eigenvalue weighted by Crippen LogP contribution is -2.12. The maximum atomic E-state index is 2.30. The molecule has 0 saturated carbocycles. The van der Waals surface area contributed by atoms with Crippen LogP contribution in [0.25, 0.3) is 0 Å². The summed E-state index contributed by atoms with van der Waals surface area (Å²) in [7, 11) is 4.35. The maximum Gasteiger partial charge on any atom is -0.00248 e. The third-order valence-corrected chi connectivity index (χ3v) is 5.41. The van der Waals surface area contributed by atoms with Crippen molar-refractivity contribution in [2.45, 2.75) is 103 Å². The first-order chi connectivity index (χ1) is 12.8. The molecule has 0 spiro atoms. The summed E-state index contributed by atoms with van der Waals surface area (Å²) in [4.78, 5) is 2.30. The van der Waals surface area contributed by atoms with Crippen LogP contribution in [0.3, 0.4) is 0 Å². The second-order valence-electron chi connectivity index (χ2n) is 8.34. The second kappa shape index (κ2) is 20.2. The second-order valence-corrected chi connectivity index (χ2v) is 8.34. The normalized spacial score (nSPS) is 10.9. The molecule has 27 heavy (non-hydrogen) atoms. The Balaban J connectivity index is 0.00000676. The van der Waals surface area contributed by atoms with Crippen molar-refractivity contribution in [2.24, 2.45) is 0 Å². The number of benzene rings is 1. The van der Waals surface area contributed by atoms with E-state index < -0.39 is 0 Å². The zero-order valence-corrected chi connectivity index (χ0v) is 19.1. The molecule has 158 valence electrons. The van der Waals surface area contributed by atoms with Crippen LogP contribution in [0.5, 0.6) is 0 Å². The van der Waals surface area contributed by atoms with Crippen molar-refractivity contribution in [3.63, 3.8) is 0 Å². The Morgan fingerprint density at radius 3 is 1.30 bits per heavy atom. The molecular formula is C25H46ClN. The number of hydrogen-bond acceptors (Lipinski definition) is 1. The third kappa shape index (κ3) is 18.6. The Hall–Kier alpha value is -0.530. The summed E-state index contributed by atoms with van der Waals surface area (Å²) >= 11 is 0. The van der Waals surface area contributed by atoms with E-state index in [-0.39, 0.29) is 12.4 Å². The molecule has 0 atom stereocenters. The van der Waals surface area contributed by atoms with Crippen LogP contribution >= 0.6 is 12.4 Å². The zero-order valence-electron chi connectivity index (χ0n) is 18.3. The molecule has 0 radical (unpaired) electrons. The summed E-state index contributed by atoms with van der Waals surface area (Å²) in [6.45, 7) is 1.26. The maximum absolute atomic E-state index is 2.30. The molecule has 1 aromatic carbocycles. The fourth-order valence-electron chi connectivity index (χ4n) is 3.70. The Labute approximate surface area is 176 Å². The van der Waals surface area contributed by atoms with Crippen molar-refractivity contribution < 1.29 is 0 Å². The van der Waals surface area contributed by atoms with Crippen molar-refractivity contribution >= 4 is 12.4 Å². The summed E-state index contributed by atoms with van der Waals surface area (Å²) in [6.07, 6.45) is 22.8. The zero-order chi connectivity index (χ0) is 18.7. The van der Waals surface area contributed by atoms with Gasteiger partial charge < -0.3 is 4.90 Å². The molecule has 0 aliphatic rings. The molecule has 0 unspecified atom stereocenters. The van der Waals surface area contributed by atoms with Crippen molar-refractivity contribution in [1.82, 2.24) is 4.90 Å². The van der Waals surface area contributed by atoms with Gasteiger partial charge in [-0.15, -0.1) is 12.4 Å². The highest BCUT2D eigenvalue weighted by molar-refractivity contribution is 5.85. The largest absolute Gasteiger partial charge is 0.309 e. The predicted molar refractivity (Wildman–Crippen MR) is 125 cm³/mol. The van der Waals surface area contributed by atoms with E-state index in [4.69, 9.17) is 0 Å². The Morgan fingerprint density at radius 1 is 0.519 bits per heavy atom. The highest BCUT2D eigenvalue weighted by Gasteiger charge is 1.96. The minimum absolute atomic E-state index is 0. The van der Waals surface area contributed by atoms with Gasteiger partial charge in [-0.3, -0.25) is 0 Å². The standard InChI is InChI=1S/C25H45N.ClH/c1-26(2)24-20-15-13-11-9-7-5-3-4-6-8-10-12-14-17-21-25-22-18-16-19-23-25;/h16,18-19,22-23H,3-15,17,20-21,24H2,1-2H3;1H. The van der Waals surface area contributed by atoms with Gasteiger partial charge in [0.1, 0.15) is 0 Å². The molecule has 0 bridgehead atoms. The van der Waals surface area contributed by atoms with E-state index >= 15 is 0 Å². The van der Waals surface area contributed by atoms with Gasteiger partial charge in [0.2, 0.25) is 0 Å². The number of hydrogen-bond donors (Lipinski definition) is 0. The molecule has 1 aromatic rings. The lowest BCUT2D eigenvalue weighted by molar-refractivity contribution is 0.389. The number of halogens is 1. The van der Waals surface area contributed by atoms with Gasteiger partial charge in [-0.05, 0) is 45.5 Å². The van der Waals surface area contributed by atoms with Gasteiger partial charge in [-0.2, -0.15) is 0 Å². The quantitative estimate of drug-likeness (QED) is 0.227. The first kappa shape index (κ1) is 26.5. The Kier molecular flexibility index (Phi) is 19.8. The highest BCUT2D eigenvalue weighted by atomic mass is 35.5. The summed E-state index contributed by atoms with van der Waals surface area (Å²) in [5.41, 5.74) is 1.50. The van der Waals surface area contributed by atoms with Crippen LogP contribution in [0, 0.1) is 0 Å². The molecule has 0 aliphatic carbocycles. The Morgan fingerprint density at radius 2 is 0.889 bits per heavy atom. The van der Waals surface area contributed by atoms with E-state index in [9.17, 15) is 0 Å². The van der Waals surface area contributed by atoms with Gasteiger partial charge in [-0.1, -0.05) is 114 Å². The molecule has 0 amide bonds. The minimum Gasteiger partial charge on any atom is -0.309 e. The van der Waals surface area contributed by atoms with Crippen LogP contribution in [-0.2, 0) is 6.42 Å². The molecule has 0 N–H and O–H groups in total. The predicted octanol–water partition coefficient (Wildman–Crippen LogP) is 8.06.